The fraction of sp³-hybridized carbons (Fsp3) is 0.375. The Morgan fingerprint density at radius 3 is 2.43 bits per heavy atom. The molecule has 1 aromatic heterocycles. The van der Waals surface area contributed by atoms with Crippen LogP contribution in [-0.2, 0) is 4.79 Å². The Morgan fingerprint density at radius 1 is 1.34 bits per heavy atom. The third-order valence-corrected chi connectivity index (χ3v) is 5.45. The number of likely N-dealkylation sites (N-methyl/N-ethyl adjacent to an activating group) is 1. The Bertz CT molecular complexity index is 1280. The summed E-state index contributed by atoms with van der Waals surface area (Å²) in [6.45, 7) is 13.4. The molecule has 11 heteroatoms. The van der Waals surface area contributed by atoms with Crippen molar-refractivity contribution >= 4 is 29.1 Å². The molecular weight excluding hydrogens is 493 g/mol. The van der Waals surface area contributed by atoms with E-state index in [1.54, 1.807) is 13.0 Å². The van der Waals surface area contributed by atoms with Crippen molar-refractivity contribution in [2.75, 3.05) is 7.05 Å². The first-order valence-electron chi connectivity index (χ1n) is 10.9. The van der Waals surface area contributed by atoms with E-state index in [-0.39, 0.29) is 39.1 Å². The molecular formula is C24H29Cl2N5O4. The lowest BCUT2D eigenvalue weighted by atomic mass is 10.0. The smallest absolute Gasteiger partial charge is 0.349 e. The molecule has 1 aromatic carbocycles. The maximum Gasteiger partial charge on any atom is 0.349 e. The van der Waals surface area contributed by atoms with E-state index < -0.39 is 16.9 Å². The highest BCUT2D eigenvalue weighted by Gasteiger charge is 2.20. The number of ether oxygens (including phenoxy) is 1. The van der Waals surface area contributed by atoms with Crippen LogP contribution in [0.25, 0.3) is 5.69 Å². The van der Waals surface area contributed by atoms with E-state index in [1.165, 1.54) is 32.0 Å². The Labute approximate surface area is 214 Å². The third kappa shape index (κ3) is 7.57. The van der Waals surface area contributed by atoms with Gasteiger partial charge in [-0.2, -0.15) is 9.94 Å². The van der Waals surface area contributed by atoms with Crippen molar-refractivity contribution in [3.05, 3.63) is 72.2 Å². The highest BCUT2D eigenvalue weighted by Crippen LogP contribution is 2.39. The number of H-pyrrole nitrogens is 1. The van der Waals surface area contributed by atoms with E-state index in [4.69, 9.17) is 33.2 Å². The van der Waals surface area contributed by atoms with Crippen molar-refractivity contribution in [1.82, 2.24) is 20.1 Å². The number of nitriles is 1. The number of carbonyl (C=O) groups is 1. The Hall–Kier alpha value is -3.35. The minimum Gasteiger partial charge on any atom is -0.455 e. The molecule has 2 rings (SSSR count). The Kier molecular flexibility index (Phi) is 11.5. The lowest BCUT2D eigenvalue weighted by Crippen LogP contribution is -2.33. The summed E-state index contributed by atoms with van der Waals surface area (Å²) in [5.41, 5.74) is -1.33. The topological polar surface area (TPSA) is 130 Å². The van der Waals surface area contributed by atoms with E-state index >= 15 is 0 Å². The van der Waals surface area contributed by atoms with E-state index in [0.717, 1.165) is 4.68 Å². The van der Waals surface area contributed by atoms with E-state index in [0.29, 0.717) is 11.1 Å². The lowest BCUT2D eigenvalue weighted by Gasteiger charge is -2.16. The number of allylic oxidation sites excluding steroid dienone is 1. The quantitative estimate of drug-likeness (QED) is 0.314. The van der Waals surface area contributed by atoms with Crippen LogP contribution in [0, 0.1) is 24.2 Å². The molecule has 0 aliphatic carbocycles. The monoisotopic (exact) mass is 521 g/mol. The number of unbranched alkanes of at least 4 members (excludes halogenated alkanes) is 1. The minimum atomic E-state index is -0.904. The number of nitrogens with zero attached hydrogens (tertiary/aromatic N) is 3. The summed E-state index contributed by atoms with van der Waals surface area (Å²) in [5.74, 6) is -0.193. The largest absolute Gasteiger partial charge is 0.455 e. The van der Waals surface area contributed by atoms with Crippen LogP contribution >= 0.6 is 23.2 Å². The van der Waals surface area contributed by atoms with Gasteiger partial charge in [0.1, 0.15) is 11.8 Å². The van der Waals surface area contributed by atoms with Gasteiger partial charge in [-0.3, -0.25) is 14.6 Å². The molecule has 0 atom stereocenters. The lowest BCUT2D eigenvalue weighted by molar-refractivity contribution is -0.117. The summed E-state index contributed by atoms with van der Waals surface area (Å²) in [7, 11) is 1.52. The number of carbonyl (C=O) groups excluding carboxylic acids is 1. The number of aromatic amines is 1. The number of rotatable bonds is 7. The van der Waals surface area contributed by atoms with Crippen LogP contribution in [0.4, 0.5) is 0 Å². The third-order valence-electron chi connectivity index (χ3n) is 4.72. The van der Waals surface area contributed by atoms with Crippen molar-refractivity contribution in [3.63, 3.8) is 0 Å². The number of hydrogen-bond donors (Lipinski definition) is 2. The number of nitrogens with one attached hydrogen (secondary N) is 2. The van der Waals surface area contributed by atoms with Gasteiger partial charge >= 0.3 is 5.69 Å². The highest BCUT2D eigenvalue weighted by atomic mass is 35.5. The van der Waals surface area contributed by atoms with Crippen molar-refractivity contribution in [2.24, 2.45) is 5.92 Å². The number of aromatic nitrogens is 3. The first kappa shape index (κ1) is 29.7. The van der Waals surface area contributed by atoms with Gasteiger partial charge in [0.25, 0.3) is 5.56 Å². The second-order valence-corrected chi connectivity index (χ2v) is 8.46. The van der Waals surface area contributed by atoms with Gasteiger partial charge in [-0.15, -0.1) is 5.10 Å². The van der Waals surface area contributed by atoms with Gasteiger partial charge in [0.2, 0.25) is 11.6 Å². The zero-order chi connectivity index (χ0) is 26.9. The van der Waals surface area contributed by atoms with Crippen molar-refractivity contribution in [3.8, 4) is 17.5 Å². The Morgan fingerprint density at radius 2 is 1.94 bits per heavy atom. The van der Waals surface area contributed by atoms with Crippen LogP contribution in [0.5, 0.6) is 5.75 Å². The number of amides is 1. The molecule has 9 nitrogen and oxygen atoms in total. The van der Waals surface area contributed by atoms with Crippen molar-refractivity contribution in [2.45, 2.75) is 47.5 Å². The average molecular weight is 522 g/mol. The van der Waals surface area contributed by atoms with Crippen molar-refractivity contribution < 1.29 is 9.53 Å². The second-order valence-electron chi connectivity index (χ2n) is 7.68. The van der Waals surface area contributed by atoms with E-state index in [2.05, 4.69) is 30.8 Å². The van der Waals surface area contributed by atoms with Crippen LogP contribution in [0.1, 0.15) is 51.8 Å². The molecule has 2 aromatic rings. The first-order valence-corrected chi connectivity index (χ1v) is 11.6. The molecule has 0 saturated heterocycles. The van der Waals surface area contributed by atoms with Gasteiger partial charge in [0.05, 0.1) is 15.7 Å². The number of hydrogen-bond acceptors (Lipinski definition) is 6. The molecule has 0 unspecified atom stereocenters. The summed E-state index contributed by atoms with van der Waals surface area (Å²) >= 11 is 12.7. The van der Waals surface area contributed by atoms with Crippen molar-refractivity contribution in [1.29, 1.82) is 5.26 Å². The van der Waals surface area contributed by atoms with Gasteiger partial charge < -0.3 is 10.1 Å². The molecule has 0 saturated carbocycles. The first-order chi connectivity index (χ1) is 16.4. The fourth-order valence-electron chi connectivity index (χ4n) is 2.60. The predicted octanol–water partition coefficient (Wildman–Crippen LogP) is 4.44. The number of halogens is 2. The fourth-order valence-corrected chi connectivity index (χ4v) is 3.13. The number of benzene rings is 1. The zero-order valence-electron chi connectivity index (χ0n) is 20.6. The van der Waals surface area contributed by atoms with Crippen LogP contribution in [-0.4, -0.2) is 27.7 Å². The van der Waals surface area contributed by atoms with Gasteiger partial charge in [-0.1, -0.05) is 70.3 Å². The van der Waals surface area contributed by atoms with Gasteiger partial charge in [-0.05, 0) is 30.5 Å². The minimum absolute atomic E-state index is 0.0181. The average Bonchev–Trinajstić information content (AvgIpc) is 2.82. The molecule has 1 amide bonds. The van der Waals surface area contributed by atoms with Gasteiger partial charge in [0, 0.05) is 12.6 Å². The molecule has 2 N–H and O–H groups in total. The maximum absolute atomic E-state index is 12.2. The summed E-state index contributed by atoms with van der Waals surface area (Å²) < 4.78 is 6.50. The van der Waals surface area contributed by atoms with Crippen LogP contribution in [0.3, 0.4) is 0 Å². The summed E-state index contributed by atoms with van der Waals surface area (Å²) in [6.07, 6.45) is 4.12. The summed E-state index contributed by atoms with van der Waals surface area (Å²) in [6, 6.07) is 2.96. The molecule has 1 heterocycles. The SMILES string of the molecule is C=C(/C=C(\C(=O)NC)C(C)C)Oc1c(Cl)cc(-n2nc(C#N)c(=O)[nH]c2=O)c(C)c1Cl.CCCC. The van der Waals surface area contributed by atoms with E-state index in [9.17, 15) is 14.4 Å². The maximum atomic E-state index is 12.2. The Balaban J connectivity index is 0.00000142. The molecule has 0 spiro atoms. The standard InChI is InChI=1S/C20H19Cl2N5O4.C4H10/c1-9(2)12(18(28)24-5)6-10(3)31-17-13(21)7-15(11(4)16(17)22)27-20(30)25-19(29)14(8-23)26-27;1-3-4-2/h6-7,9H,3H2,1-2,4-5H3,(H,24,28)(H,25,29,30);3-4H2,1-2H3/b12-6-;. The molecule has 0 aliphatic heterocycles. The molecule has 0 aliphatic rings. The molecule has 188 valence electrons. The molecule has 35 heavy (non-hydrogen) atoms. The summed E-state index contributed by atoms with van der Waals surface area (Å²) in [5, 5.41) is 15.4. The van der Waals surface area contributed by atoms with Crippen LogP contribution in [0.2, 0.25) is 10.0 Å². The van der Waals surface area contributed by atoms with Gasteiger partial charge in [-0.25, -0.2) is 4.79 Å². The molecule has 0 fully saturated rings. The van der Waals surface area contributed by atoms with Crippen LogP contribution in [0.15, 0.2) is 39.6 Å². The van der Waals surface area contributed by atoms with Gasteiger partial charge in [0.15, 0.2) is 5.75 Å². The summed E-state index contributed by atoms with van der Waals surface area (Å²) in [4.78, 5) is 37.8. The normalized spacial score (nSPS) is 10.8. The second kappa shape index (κ2) is 13.5. The van der Waals surface area contributed by atoms with E-state index in [1.807, 2.05) is 18.8 Å². The van der Waals surface area contributed by atoms with Crippen LogP contribution < -0.4 is 21.3 Å². The molecule has 0 radical (unpaired) electrons. The predicted molar refractivity (Wildman–Crippen MR) is 137 cm³/mol. The molecule has 0 bridgehead atoms. The highest BCUT2D eigenvalue weighted by molar-refractivity contribution is 6.38. The zero-order valence-corrected chi connectivity index (χ0v) is 22.1.